The molecule has 0 aromatic carbocycles. The molecule has 1 aliphatic rings. The van der Waals surface area contributed by atoms with Gasteiger partial charge in [0.25, 0.3) is 0 Å². The molecule has 1 heterocycles. The van der Waals surface area contributed by atoms with Gasteiger partial charge in [0.05, 0.1) is 12.2 Å². The first kappa shape index (κ1) is 9.92. The van der Waals surface area contributed by atoms with Gasteiger partial charge < -0.3 is 19.7 Å². The molecule has 4 heteroatoms. The molecule has 0 saturated carbocycles. The van der Waals surface area contributed by atoms with Crippen molar-refractivity contribution in [2.24, 2.45) is 0 Å². The highest BCUT2D eigenvalue weighted by molar-refractivity contribution is 4.91. The summed E-state index contributed by atoms with van der Waals surface area (Å²) in [5, 5.41) is 18.8. The van der Waals surface area contributed by atoms with Gasteiger partial charge in [-0.25, -0.2) is 0 Å². The number of rotatable bonds is 2. The third-order valence-corrected chi connectivity index (χ3v) is 2.26. The van der Waals surface area contributed by atoms with Gasteiger partial charge in [0.2, 0.25) is 0 Å². The molecule has 2 N–H and O–H groups in total. The number of hydrogen-bond donors (Lipinski definition) is 2. The topological polar surface area (TPSA) is 58.9 Å². The molecule has 0 radical (unpaired) electrons. The highest BCUT2D eigenvalue weighted by atomic mass is 16.6. The van der Waals surface area contributed by atoms with Gasteiger partial charge in [-0.3, -0.25) is 0 Å². The molecule has 1 unspecified atom stereocenters. The molecule has 1 saturated heterocycles. The van der Waals surface area contributed by atoms with Crippen molar-refractivity contribution in [1.29, 1.82) is 0 Å². The fourth-order valence-electron chi connectivity index (χ4n) is 1.60. The van der Waals surface area contributed by atoms with Gasteiger partial charge in [-0.15, -0.1) is 0 Å². The Morgan fingerprint density at radius 2 is 2.08 bits per heavy atom. The molecule has 1 rings (SSSR count). The highest BCUT2D eigenvalue weighted by Crippen LogP contribution is 2.25. The second kappa shape index (κ2) is 3.70. The highest BCUT2D eigenvalue weighted by Gasteiger charge is 2.43. The summed E-state index contributed by atoms with van der Waals surface area (Å²) in [6, 6.07) is 0. The van der Waals surface area contributed by atoms with Gasteiger partial charge in [-0.2, -0.15) is 0 Å². The van der Waals surface area contributed by atoms with Crippen LogP contribution < -0.4 is 0 Å². The van der Waals surface area contributed by atoms with Crippen LogP contribution in [0.1, 0.15) is 13.8 Å². The zero-order valence-corrected chi connectivity index (χ0v) is 7.60. The largest absolute Gasteiger partial charge is 0.391 e. The number of aliphatic hydroxyl groups excluding tert-OH is 2. The molecule has 4 nitrogen and oxygen atoms in total. The van der Waals surface area contributed by atoms with Crippen molar-refractivity contribution in [3.63, 3.8) is 0 Å². The molecule has 0 amide bonds. The van der Waals surface area contributed by atoms with Crippen LogP contribution in [0.4, 0.5) is 0 Å². The van der Waals surface area contributed by atoms with Crippen molar-refractivity contribution in [2.45, 2.75) is 44.4 Å². The molecule has 0 aromatic heterocycles. The molecule has 0 aromatic rings. The first-order valence-corrected chi connectivity index (χ1v) is 4.12. The van der Waals surface area contributed by atoms with E-state index in [4.69, 9.17) is 9.47 Å². The second-order valence-electron chi connectivity index (χ2n) is 3.24. The minimum absolute atomic E-state index is 0.162. The third-order valence-electron chi connectivity index (χ3n) is 2.26. The summed E-state index contributed by atoms with van der Waals surface area (Å²) in [5.74, 6) is 0. The van der Waals surface area contributed by atoms with Gasteiger partial charge in [0.1, 0.15) is 18.3 Å². The summed E-state index contributed by atoms with van der Waals surface area (Å²) in [6.45, 7) is 3.42. The predicted octanol–water partition coefficient (Wildman–Crippen LogP) is -0.470. The molecule has 72 valence electrons. The SMILES string of the molecule is CO[C@H]1C(O)[C@@H]([C@H](C)O)O[C@H]1C. The molecular weight excluding hydrogens is 160 g/mol. The average molecular weight is 176 g/mol. The lowest BCUT2D eigenvalue weighted by Crippen LogP contribution is -2.38. The van der Waals surface area contributed by atoms with E-state index in [2.05, 4.69) is 0 Å². The van der Waals surface area contributed by atoms with Gasteiger partial charge in [-0.05, 0) is 13.8 Å². The number of hydrogen-bond acceptors (Lipinski definition) is 4. The normalized spacial score (nSPS) is 44.8. The maximum absolute atomic E-state index is 9.58. The maximum atomic E-state index is 9.58. The van der Waals surface area contributed by atoms with Gasteiger partial charge >= 0.3 is 0 Å². The standard InChI is InChI=1S/C8H16O4/c1-4(9)7-6(10)8(11-3)5(2)12-7/h4-10H,1-3H3/t4-,5-,6?,7+,8+/m0/s1. The Labute approximate surface area is 72.1 Å². The monoisotopic (exact) mass is 176 g/mol. The fraction of sp³-hybridized carbons (Fsp3) is 1.00. The molecule has 5 atom stereocenters. The van der Waals surface area contributed by atoms with Crippen LogP contribution in [0.25, 0.3) is 0 Å². The molecule has 0 bridgehead atoms. The quantitative estimate of drug-likeness (QED) is 0.597. The Morgan fingerprint density at radius 1 is 1.50 bits per heavy atom. The Bertz CT molecular complexity index is 148. The minimum Gasteiger partial charge on any atom is -0.391 e. The van der Waals surface area contributed by atoms with Gasteiger partial charge in [-0.1, -0.05) is 0 Å². The third kappa shape index (κ3) is 1.61. The summed E-state index contributed by atoms with van der Waals surface area (Å²) < 4.78 is 10.3. The van der Waals surface area contributed by atoms with Crippen molar-refractivity contribution in [3.8, 4) is 0 Å². The lowest BCUT2D eigenvalue weighted by molar-refractivity contribution is -0.0548. The van der Waals surface area contributed by atoms with Crippen LogP contribution in [-0.4, -0.2) is 47.8 Å². The summed E-state index contributed by atoms with van der Waals surface area (Å²) in [4.78, 5) is 0. The predicted molar refractivity (Wildman–Crippen MR) is 42.8 cm³/mol. The van der Waals surface area contributed by atoms with E-state index >= 15 is 0 Å². The number of ether oxygens (including phenoxy) is 2. The van der Waals surface area contributed by atoms with Crippen molar-refractivity contribution in [1.82, 2.24) is 0 Å². The minimum atomic E-state index is -0.731. The van der Waals surface area contributed by atoms with Crippen LogP contribution in [0.5, 0.6) is 0 Å². The Balaban J connectivity index is 2.62. The zero-order chi connectivity index (χ0) is 9.30. The zero-order valence-electron chi connectivity index (χ0n) is 7.60. The van der Waals surface area contributed by atoms with E-state index in [-0.39, 0.29) is 12.2 Å². The molecule has 0 aliphatic carbocycles. The van der Waals surface area contributed by atoms with Crippen LogP contribution in [0, 0.1) is 0 Å². The van der Waals surface area contributed by atoms with E-state index in [1.54, 1.807) is 6.92 Å². The fourth-order valence-corrected chi connectivity index (χ4v) is 1.60. The first-order chi connectivity index (χ1) is 5.57. The summed E-state index contributed by atoms with van der Waals surface area (Å²) in [6.07, 6.45) is -2.41. The number of methoxy groups -OCH3 is 1. The van der Waals surface area contributed by atoms with Crippen LogP contribution in [0.15, 0.2) is 0 Å². The van der Waals surface area contributed by atoms with Crippen molar-refractivity contribution in [3.05, 3.63) is 0 Å². The Hall–Kier alpha value is -0.160. The smallest absolute Gasteiger partial charge is 0.112 e. The van der Waals surface area contributed by atoms with Gasteiger partial charge in [0, 0.05) is 7.11 Å². The van der Waals surface area contributed by atoms with Crippen LogP contribution >= 0.6 is 0 Å². The second-order valence-corrected chi connectivity index (χ2v) is 3.24. The van der Waals surface area contributed by atoms with E-state index < -0.39 is 18.3 Å². The first-order valence-electron chi connectivity index (χ1n) is 4.12. The van der Waals surface area contributed by atoms with Gasteiger partial charge in [0.15, 0.2) is 0 Å². The summed E-state index contributed by atoms with van der Waals surface area (Å²) >= 11 is 0. The summed E-state index contributed by atoms with van der Waals surface area (Å²) in [5.41, 5.74) is 0. The van der Waals surface area contributed by atoms with E-state index in [0.717, 1.165) is 0 Å². The lowest BCUT2D eigenvalue weighted by Gasteiger charge is -2.18. The van der Waals surface area contributed by atoms with Crippen LogP contribution in [0.2, 0.25) is 0 Å². The van der Waals surface area contributed by atoms with E-state index in [9.17, 15) is 10.2 Å². The molecule has 0 spiro atoms. The average Bonchev–Trinajstić information content (AvgIpc) is 2.27. The van der Waals surface area contributed by atoms with E-state index in [1.807, 2.05) is 6.92 Å². The molecule has 1 aliphatic heterocycles. The van der Waals surface area contributed by atoms with E-state index in [1.165, 1.54) is 7.11 Å². The van der Waals surface area contributed by atoms with Crippen molar-refractivity contribution >= 4 is 0 Å². The maximum Gasteiger partial charge on any atom is 0.112 e. The van der Waals surface area contributed by atoms with E-state index in [0.29, 0.717) is 0 Å². The van der Waals surface area contributed by atoms with Crippen LogP contribution in [-0.2, 0) is 9.47 Å². The molecular formula is C8H16O4. The van der Waals surface area contributed by atoms with Crippen molar-refractivity contribution < 1.29 is 19.7 Å². The Kier molecular flexibility index (Phi) is 3.06. The molecule has 12 heavy (non-hydrogen) atoms. The lowest BCUT2D eigenvalue weighted by atomic mass is 10.1. The van der Waals surface area contributed by atoms with Crippen LogP contribution in [0.3, 0.4) is 0 Å². The van der Waals surface area contributed by atoms with Crippen molar-refractivity contribution in [2.75, 3.05) is 7.11 Å². The molecule has 1 fully saturated rings. The number of aliphatic hydroxyl groups is 2. The Morgan fingerprint density at radius 3 is 2.33 bits per heavy atom. The summed E-state index contributed by atoms with van der Waals surface area (Å²) in [7, 11) is 1.53.